The summed E-state index contributed by atoms with van der Waals surface area (Å²) < 4.78 is 5.17. The van der Waals surface area contributed by atoms with Crippen LogP contribution in [0, 0.1) is 0 Å². The number of likely N-dealkylation sites (tertiary alicyclic amines) is 1. The first-order chi connectivity index (χ1) is 8.69. The van der Waals surface area contributed by atoms with Gasteiger partial charge in [-0.25, -0.2) is 4.79 Å². The van der Waals surface area contributed by atoms with Gasteiger partial charge in [-0.2, -0.15) is 0 Å². The number of ether oxygens (including phenoxy) is 1. The summed E-state index contributed by atoms with van der Waals surface area (Å²) in [6.07, 6.45) is 0.849. The first-order valence-corrected chi connectivity index (χ1v) is 6.07. The van der Waals surface area contributed by atoms with Gasteiger partial charge in [-0.1, -0.05) is 6.07 Å². The number of nitrogens with zero attached hydrogens (tertiary/aromatic N) is 1. The van der Waals surface area contributed by atoms with Crippen LogP contribution in [0.4, 0.5) is 10.5 Å². The average molecular weight is 250 g/mol. The monoisotopic (exact) mass is 250 g/mol. The predicted octanol–water partition coefficient (Wildman–Crippen LogP) is 2.25. The van der Waals surface area contributed by atoms with E-state index in [1.807, 2.05) is 24.3 Å². The summed E-state index contributed by atoms with van der Waals surface area (Å²) in [5.74, 6) is 0.822. The maximum Gasteiger partial charge on any atom is 0.407 e. The molecular formula is C13H18N2O3. The van der Waals surface area contributed by atoms with Gasteiger partial charge in [-0.3, -0.25) is 0 Å². The highest BCUT2D eigenvalue weighted by molar-refractivity contribution is 5.65. The molecule has 1 fully saturated rings. The van der Waals surface area contributed by atoms with E-state index < -0.39 is 6.09 Å². The highest BCUT2D eigenvalue weighted by atomic mass is 16.5. The molecule has 1 aliphatic rings. The Morgan fingerprint density at radius 3 is 2.78 bits per heavy atom. The van der Waals surface area contributed by atoms with Gasteiger partial charge < -0.3 is 20.1 Å². The number of hydrogen-bond acceptors (Lipinski definition) is 3. The van der Waals surface area contributed by atoms with Crippen molar-refractivity contribution < 1.29 is 14.6 Å². The van der Waals surface area contributed by atoms with Crippen LogP contribution >= 0.6 is 0 Å². The highest BCUT2D eigenvalue weighted by Crippen LogP contribution is 2.20. The van der Waals surface area contributed by atoms with Gasteiger partial charge in [0, 0.05) is 30.9 Å². The molecule has 0 unspecified atom stereocenters. The zero-order chi connectivity index (χ0) is 13.0. The van der Waals surface area contributed by atoms with E-state index in [9.17, 15) is 4.79 Å². The number of amides is 1. The summed E-state index contributed by atoms with van der Waals surface area (Å²) in [6, 6.07) is 8.11. The van der Waals surface area contributed by atoms with Gasteiger partial charge in [0.2, 0.25) is 0 Å². The summed E-state index contributed by atoms with van der Waals surface area (Å²) >= 11 is 0. The number of carboxylic acid groups (broad SMARTS) is 1. The number of methoxy groups -OCH3 is 1. The van der Waals surface area contributed by atoms with Crippen molar-refractivity contribution >= 4 is 11.8 Å². The van der Waals surface area contributed by atoms with E-state index in [2.05, 4.69) is 5.32 Å². The van der Waals surface area contributed by atoms with Crippen molar-refractivity contribution in [1.82, 2.24) is 4.90 Å². The zero-order valence-corrected chi connectivity index (χ0v) is 10.4. The van der Waals surface area contributed by atoms with Crippen molar-refractivity contribution in [3.63, 3.8) is 0 Å². The van der Waals surface area contributed by atoms with Crippen LogP contribution in [0.5, 0.6) is 5.75 Å². The molecule has 1 heterocycles. The summed E-state index contributed by atoms with van der Waals surface area (Å²) in [5, 5.41) is 12.3. The van der Waals surface area contributed by atoms with E-state index >= 15 is 0 Å². The molecule has 0 aliphatic carbocycles. The fraction of sp³-hybridized carbons (Fsp3) is 0.462. The van der Waals surface area contributed by atoms with Crippen LogP contribution in [-0.2, 0) is 0 Å². The Morgan fingerprint density at radius 1 is 1.44 bits per heavy atom. The van der Waals surface area contributed by atoms with Gasteiger partial charge >= 0.3 is 6.09 Å². The SMILES string of the molecule is COc1cccc(NC2CCN(C(=O)O)CC2)c1. The molecule has 0 saturated carbocycles. The third kappa shape index (κ3) is 3.06. The predicted molar refractivity (Wildman–Crippen MR) is 69.2 cm³/mol. The average Bonchev–Trinajstić information content (AvgIpc) is 2.39. The lowest BCUT2D eigenvalue weighted by Gasteiger charge is -2.31. The van der Waals surface area contributed by atoms with Crippen LogP contribution in [0.25, 0.3) is 0 Å². The number of carbonyl (C=O) groups is 1. The third-order valence-electron chi connectivity index (χ3n) is 3.21. The molecule has 0 bridgehead atoms. The number of piperidine rings is 1. The van der Waals surface area contributed by atoms with Crippen LogP contribution < -0.4 is 10.1 Å². The van der Waals surface area contributed by atoms with Gasteiger partial charge in [0.25, 0.3) is 0 Å². The van der Waals surface area contributed by atoms with Gasteiger partial charge in [-0.15, -0.1) is 0 Å². The minimum absolute atomic E-state index is 0.327. The Kier molecular flexibility index (Phi) is 3.92. The fourth-order valence-corrected chi connectivity index (χ4v) is 2.16. The standard InChI is InChI=1S/C13H18N2O3/c1-18-12-4-2-3-11(9-12)14-10-5-7-15(8-6-10)13(16)17/h2-4,9-10,14H,5-8H2,1H3,(H,16,17). The molecule has 2 rings (SSSR count). The molecular weight excluding hydrogens is 232 g/mol. The van der Waals surface area contributed by atoms with Crippen molar-refractivity contribution in [2.24, 2.45) is 0 Å². The molecule has 1 amide bonds. The van der Waals surface area contributed by atoms with E-state index in [0.29, 0.717) is 19.1 Å². The quantitative estimate of drug-likeness (QED) is 0.863. The summed E-state index contributed by atoms with van der Waals surface area (Å²) in [5.41, 5.74) is 1.02. The number of nitrogens with one attached hydrogen (secondary N) is 1. The first kappa shape index (κ1) is 12.5. The van der Waals surface area contributed by atoms with Crippen LogP contribution in [0.1, 0.15) is 12.8 Å². The van der Waals surface area contributed by atoms with Crippen LogP contribution in [0.3, 0.4) is 0 Å². The molecule has 5 nitrogen and oxygen atoms in total. The van der Waals surface area contributed by atoms with Crippen molar-refractivity contribution in [2.45, 2.75) is 18.9 Å². The van der Waals surface area contributed by atoms with Gasteiger partial charge in [-0.05, 0) is 25.0 Å². The van der Waals surface area contributed by atoms with Crippen molar-refractivity contribution in [1.29, 1.82) is 0 Å². The summed E-state index contributed by atoms with van der Waals surface area (Å²) in [4.78, 5) is 12.3. The molecule has 2 N–H and O–H groups in total. The molecule has 1 aromatic rings. The molecule has 1 saturated heterocycles. The van der Waals surface area contributed by atoms with Crippen molar-refractivity contribution in [3.05, 3.63) is 24.3 Å². The topological polar surface area (TPSA) is 61.8 Å². The minimum atomic E-state index is -0.824. The Morgan fingerprint density at radius 2 is 2.17 bits per heavy atom. The molecule has 0 spiro atoms. The maximum atomic E-state index is 10.8. The van der Waals surface area contributed by atoms with E-state index in [1.54, 1.807) is 7.11 Å². The molecule has 98 valence electrons. The van der Waals surface area contributed by atoms with Crippen molar-refractivity contribution in [3.8, 4) is 5.75 Å². The number of anilines is 1. The second-order valence-corrected chi connectivity index (χ2v) is 4.42. The molecule has 5 heteroatoms. The molecule has 1 aliphatic heterocycles. The zero-order valence-electron chi connectivity index (χ0n) is 10.4. The van der Waals surface area contributed by atoms with E-state index in [0.717, 1.165) is 24.3 Å². The largest absolute Gasteiger partial charge is 0.497 e. The second kappa shape index (κ2) is 5.62. The van der Waals surface area contributed by atoms with E-state index in [1.165, 1.54) is 4.90 Å². The van der Waals surface area contributed by atoms with Gasteiger partial charge in [0.1, 0.15) is 5.75 Å². The third-order valence-corrected chi connectivity index (χ3v) is 3.21. The molecule has 18 heavy (non-hydrogen) atoms. The van der Waals surface area contributed by atoms with Crippen molar-refractivity contribution in [2.75, 3.05) is 25.5 Å². The normalized spacial score (nSPS) is 16.4. The summed E-state index contributed by atoms with van der Waals surface area (Å²) in [6.45, 7) is 1.19. The van der Waals surface area contributed by atoms with Gasteiger partial charge in [0.05, 0.1) is 7.11 Å². The molecule has 0 atom stereocenters. The van der Waals surface area contributed by atoms with Crippen LogP contribution in [0.15, 0.2) is 24.3 Å². The minimum Gasteiger partial charge on any atom is -0.497 e. The number of benzene rings is 1. The lowest BCUT2D eigenvalue weighted by molar-refractivity contribution is 0.134. The first-order valence-electron chi connectivity index (χ1n) is 6.07. The smallest absolute Gasteiger partial charge is 0.407 e. The maximum absolute atomic E-state index is 10.8. The Balaban J connectivity index is 1.89. The summed E-state index contributed by atoms with van der Waals surface area (Å²) in [7, 11) is 1.64. The molecule has 0 radical (unpaired) electrons. The number of rotatable bonds is 3. The molecule has 0 aromatic heterocycles. The Labute approximate surface area is 106 Å². The van der Waals surface area contributed by atoms with E-state index in [-0.39, 0.29) is 0 Å². The van der Waals surface area contributed by atoms with Crippen LogP contribution in [0.2, 0.25) is 0 Å². The lowest BCUT2D eigenvalue weighted by Crippen LogP contribution is -2.41. The van der Waals surface area contributed by atoms with E-state index in [4.69, 9.17) is 9.84 Å². The lowest BCUT2D eigenvalue weighted by atomic mass is 10.1. The fourth-order valence-electron chi connectivity index (χ4n) is 2.16. The molecule has 1 aromatic carbocycles. The van der Waals surface area contributed by atoms with Gasteiger partial charge in [0.15, 0.2) is 0 Å². The Bertz CT molecular complexity index is 414. The second-order valence-electron chi connectivity index (χ2n) is 4.42. The highest BCUT2D eigenvalue weighted by Gasteiger charge is 2.21. The Hall–Kier alpha value is -1.91. The van der Waals surface area contributed by atoms with Crippen LogP contribution in [-0.4, -0.2) is 42.3 Å². The number of hydrogen-bond donors (Lipinski definition) is 2.